The number of pyridine rings is 1. The number of piperidine rings is 1. The number of hydrogen-bond donors (Lipinski definition) is 0. The number of carbonyl (C=O) groups is 2. The number of Topliss-reactive ketones (excluding diaryl/α,β-unsaturated/α-hetero) is 1. The molecule has 1 amide bonds. The summed E-state index contributed by atoms with van der Waals surface area (Å²) in [4.78, 5) is 33.6. The first-order chi connectivity index (χ1) is 16.6. The Kier molecular flexibility index (Phi) is 8.14. The third-order valence-corrected chi connectivity index (χ3v) is 15.0. The molecule has 1 aliphatic rings. The molecule has 7 heteroatoms. The highest BCUT2D eigenvalue weighted by Crippen LogP contribution is 2.44. The van der Waals surface area contributed by atoms with Crippen LogP contribution in [0.4, 0.5) is 4.79 Å². The van der Waals surface area contributed by atoms with E-state index < -0.39 is 13.8 Å². The summed E-state index contributed by atoms with van der Waals surface area (Å²) < 4.78 is 8.08. The summed E-state index contributed by atoms with van der Waals surface area (Å²) in [5, 5.41) is 0.945. The van der Waals surface area contributed by atoms with Crippen LogP contribution in [0.3, 0.4) is 0 Å². The second-order valence-electron chi connectivity index (χ2n) is 12.8. The summed E-state index contributed by atoms with van der Waals surface area (Å²) in [6, 6.07) is 2.11. The van der Waals surface area contributed by atoms with E-state index in [1.54, 1.807) is 4.90 Å². The Hall–Kier alpha value is -2.15. The Morgan fingerprint density at radius 1 is 1.08 bits per heavy atom. The van der Waals surface area contributed by atoms with Crippen LogP contribution in [0.25, 0.3) is 11.0 Å². The van der Waals surface area contributed by atoms with E-state index in [1.807, 2.05) is 33.9 Å². The number of fused-ring (bicyclic) bond motifs is 1. The zero-order valence-electron chi connectivity index (χ0n) is 24.3. The third-order valence-electron chi connectivity index (χ3n) is 8.29. The molecule has 0 spiro atoms. The summed E-state index contributed by atoms with van der Waals surface area (Å²) in [5.41, 5.74) is 3.61. The molecular formula is C29H47N3O3Si. The first-order valence-electron chi connectivity index (χ1n) is 13.6. The molecule has 1 saturated heterocycles. The Bertz CT molecular complexity index is 1090. The molecule has 0 bridgehead atoms. The first-order valence-corrected chi connectivity index (χ1v) is 15.8. The van der Waals surface area contributed by atoms with Gasteiger partial charge in [0.15, 0.2) is 14.0 Å². The lowest BCUT2D eigenvalue weighted by Gasteiger charge is -2.44. The van der Waals surface area contributed by atoms with Gasteiger partial charge in [0.1, 0.15) is 11.2 Å². The standard InChI is InChI=1S/C29H47N3O3Si/c1-18(2)36(19(3)4,20(5)6)32-15-13-23-25(22(8)16-30-27(23)32)26(33)24-17-31(14-12-21(24)7)28(34)35-29(9,10)11/h13,15-16,18-21,24H,12,14,17H2,1-11H3/t21-,24+/m1/s1. The van der Waals surface area contributed by atoms with Crippen molar-refractivity contribution in [3.05, 3.63) is 29.6 Å². The molecule has 36 heavy (non-hydrogen) atoms. The molecule has 2 aromatic heterocycles. The van der Waals surface area contributed by atoms with Gasteiger partial charge in [0.25, 0.3) is 0 Å². The third kappa shape index (κ3) is 5.00. The van der Waals surface area contributed by atoms with Crippen molar-refractivity contribution in [2.45, 2.75) is 105 Å². The number of likely N-dealkylation sites (tertiary alicyclic amines) is 1. The first kappa shape index (κ1) is 28.4. The van der Waals surface area contributed by atoms with E-state index >= 15 is 0 Å². The number of nitrogens with zero attached hydrogens (tertiary/aromatic N) is 3. The molecule has 0 radical (unpaired) electrons. The number of aromatic nitrogens is 2. The number of aryl methyl sites for hydroxylation is 1. The fourth-order valence-corrected chi connectivity index (χ4v) is 13.3. The van der Waals surface area contributed by atoms with E-state index in [0.29, 0.717) is 29.7 Å². The van der Waals surface area contributed by atoms with E-state index in [0.717, 1.165) is 28.6 Å². The second kappa shape index (κ2) is 10.3. The van der Waals surface area contributed by atoms with Crippen molar-refractivity contribution in [2.24, 2.45) is 11.8 Å². The maximum Gasteiger partial charge on any atom is 0.410 e. The van der Waals surface area contributed by atoms with Crippen molar-refractivity contribution in [3.8, 4) is 0 Å². The Labute approximate surface area is 218 Å². The molecule has 0 unspecified atom stereocenters. The van der Waals surface area contributed by atoms with Crippen LogP contribution in [-0.2, 0) is 4.74 Å². The number of ether oxygens (including phenoxy) is 1. The molecular weight excluding hydrogens is 466 g/mol. The summed E-state index contributed by atoms with van der Waals surface area (Å²) >= 11 is 0. The van der Waals surface area contributed by atoms with Crippen LogP contribution in [0, 0.1) is 18.8 Å². The number of carbonyl (C=O) groups excluding carboxylic acids is 2. The van der Waals surface area contributed by atoms with E-state index in [4.69, 9.17) is 9.72 Å². The van der Waals surface area contributed by atoms with Crippen LogP contribution >= 0.6 is 0 Å². The van der Waals surface area contributed by atoms with Crippen LogP contribution in [0.1, 0.15) is 91.6 Å². The van der Waals surface area contributed by atoms with Crippen molar-refractivity contribution in [1.29, 1.82) is 0 Å². The van der Waals surface area contributed by atoms with Crippen molar-refractivity contribution in [3.63, 3.8) is 0 Å². The van der Waals surface area contributed by atoms with Gasteiger partial charge in [-0.1, -0.05) is 48.5 Å². The van der Waals surface area contributed by atoms with Crippen LogP contribution in [0.5, 0.6) is 0 Å². The number of hydrogen-bond acceptors (Lipinski definition) is 4. The van der Waals surface area contributed by atoms with Crippen molar-refractivity contribution in [2.75, 3.05) is 13.1 Å². The maximum atomic E-state index is 14.2. The smallest absolute Gasteiger partial charge is 0.410 e. The molecule has 3 heterocycles. The lowest BCUT2D eigenvalue weighted by Crippen LogP contribution is -2.51. The van der Waals surface area contributed by atoms with Gasteiger partial charge in [0.2, 0.25) is 0 Å². The summed E-state index contributed by atoms with van der Waals surface area (Å²) in [6.45, 7) is 24.8. The molecule has 2 atom stereocenters. The lowest BCUT2D eigenvalue weighted by atomic mass is 9.80. The molecule has 1 fully saturated rings. The second-order valence-corrected chi connectivity index (χ2v) is 18.5. The minimum Gasteiger partial charge on any atom is -0.444 e. The van der Waals surface area contributed by atoms with E-state index in [9.17, 15) is 9.59 Å². The zero-order chi connectivity index (χ0) is 27.2. The van der Waals surface area contributed by atoms with Crippen LogP contribution in [-0.4, -0.2) is 52.9 Å². The Morgan fingerprint density at radius 2 is 1.67 bits per heavy atom. The Morgan fingerprint density at radius 3 is 2.19 bits per heavy atom. The highest BCUT2D eigenvalue weighted by molar-refractivity contribution is 6.82. The normalized spacial score (nSPS) is 19.6. The summed E-state index contributed by atoms with van der Waals surface area (Å²) in [5.74, 6) is 0.0434. The van der Waals surface area contributed by atoms with Gasteiger partial charge in [-0.15, -0.1) is 0 Å². The number of ketones is 1. The SMILES string of the molecule is Cc1cnc2c(ccn2[Si](C(C)C)(C(C)C)C(C)C)c1C(=O)[C@H]1CN(C(=O)OC(C)(C)C)CC[C@H]1C. The zero-order valence-corrected chi connectivity index (χ0v) is 25.3. The predicted octanol–water partition coefficient (Wildman–Crippen LogP) is 7.44. The monoisotopic (exact) mass is 513 g/mol. The van der Waals surface area contributed by atoms with Crippen molar-refractivity contribution >= 4 is 31.1 Å². The number of amides is 1. The van der Waals surface area contributed by atoms with Gasteiger partial charge in [-0.25, -0.2) is 9.78 Å². The highest BCUT2D eigenvalue weighted by atomic mass is 28.3. The van der Waals surface area contributed by atoms with E-state index in [2.05, 4.69) is 65.0 Å². The van der Waals surface area contributed by atoms with Gasteiger partial charge in [0.05, 0.1) is 0 Å². The summed E-state index contributed by atoms with van der Waals surface area (Å²) in [7, 11) is -2.02. The van der Waals surface area contributed by atoms with E-state index in [1.165, 1.54) is 0 Å². The van der Waals surface area contributed by atoms with Crippen LogP contribution < -0.4 is 0 Å². The van der Waals surface area contributed by atoms with Crippen LogP contribution in [0.2, 0.25) is 16.6 Å². The van der Waals surface area contributed by atoms with Crippen LogP contribution in [0.15, 0.2) is 18.5 Å². The largest absolute Gasteiger partial charge is 0.444 e. The molecule has 0 aliphatic carbocycles. The van der Waals surface area contributed by atoms with Crippen molar-refractivity contribution < 1.29 is 14.3 Å². The minimum absolute atomic E-state index is 0.115. The number of rotatable bonds is 6. The lowest BCUT2D eigenvalue weighted by molar-refractivity contribution is 0.0124. The van der Waals surface area contributed by atoms with Crippen molar-refractivity contribution in [1.82, 2.24) is 14.1 Å². The molecule has 0 saturated carbocycles. The molecule has 3 rings (SSSR count). The molecule has 0 aromatic carbocycles. The highest BCUT2D eigenvalue weighted by Gasteiger charge is 2.46. The van der Waals surface area contributed by atoms with Gasteiger partial charge in [-0.05, 0) is 74.5 Å². The average Bonchev–Trinajstić information content (AvgIpc) is 3.16. The molecule has 2 aromatic rings. The predicted molar refractivity (Wildman–Crippen MR) is 150 cm³/mol. The molecule has 6 nitrogen and oxygen atoms in total. The van der Waals surface area contributed by atoms with Gasteiger partial charge < -0.3 is 13.9 Å². The van der Waals surface area contributed by atoms with Gasteiger partial charge in [0, 0.05) is 36.2 Å². The molecule has 0 N–H and O–H groups in total. The average molecular weight is 514 g/mol. The minimum atomic E-state index is -2.02. The quantitative estimate of drug-likeness (QED) is 0.297. The topological polar surface area (TPSA) is 64.4 Å². The molecule has 200 valence electrons. The van der Waals surface area contributed by atoms with E-state index in [-0.39, 0.29) is 23.7 Å². The Balaban J connectivity index is 2.07. The van der Waals surface area contributed by atoms with Gasteiger partial charge >= 0.3 is 6.09 Å². The fraction of sp³-hybridized carbons (Fsp3) is 0.690. The molecule has 1 aliphatic heterocycles. The summed E-state index contributed by atoms with van der Waals surface area (Å²) in [6.07, 6.45) is 4.51. The fourth-order valence-electron chi connectivity index (χ4n) is 6.75. The van der Waals surface area contributed by atoms with Gasteiger partial charge in [-0.2, -0.15) is 0 Å². The van der Waals surface area contributed by atoms with Gasteiger partial charge in [-0.3, -0.25) is 4.79 Å². The maximum absolute atomic E-state index is 14.2.